The van der Waals surface area contributed by atoms with Crippen molar-refractivity contribution < 1.29 is 0 Å². The highest BCUT2D eigenvalue weighted by Gasteiger charge is 2.12. The molecule has 0 fully saturated rings. The van der Waals surface area contributed by atoms with Gasteiger partial charge in [-0.05, 0) is 31.7 Å². The average Bonchev–Trinajstić information content (AvgIpc) is 2.80. The number of hydrogen-bond donors (Lipinski definition) is 1. The molecule has 0 aliphatic rings. The third-order valence-electron chi connectivity index (χ3n) is 3.30. The molecule has 3 nitrogen and oxygen atoms in total. The summed E-state index contributed by atoms with van der Waals surface area (Å²) in [5.74, 6) is 1.14. The van der Waals surface area contributed by atoms with Gasteiger partial charge in [-0.2, -0.15) is 16.9 Å². The van der Waals surface area contributed by atoms with Gasteiger partial charge >= 0.3 is 0 Å². The van der Waals surface area contributed by atoms with Crippen molar-refractivity contribution in [1.82, 2.24) is 15.1 Å². The Balaban J connectivity index is 2.61. The Bertz CT molecular complexity index is 315. The summed E-state index contributed by atoms with van der Waals surface area (Å²) in [5, 5.41) is 8.25. The maximum absolute atomic E-state index is 4.72. The van der Waals surface area contributed by atoms with Gasteiger partial charge in [0.15, 0.2) is 0 Å². The van der Waals surface area contributed by atoms with Crippen LogP contribution in [0.1, 0.15) is 45.3 Å². The molecule has 18 heavy (non-hydrogen) atoms. The summed E-state index contributed by atoms with van der Waals surface area (Å²) in [6.07, 6.45) is 7.63. The summed E-state index contributed by atoms with van der Waals surface area (Å²) in [6, 6.07) is 3.26. The van der Waals surface area contributed by atoms with Crippen LogP contribution in [0.2, 0.25) is 0 Å². The molecular weight excluding hydrogens is 242 g/mol. The molecule has 1 N–H and O–H groups in total. The first-order chi connectivity index (χ1) is 8.74. The third-order valence-corrected chi connectivity index (χ3v) is 4.03. The number of hydrogen-bond acceptors (Lipinski definition) is 3. The molecule has 1 aromatic rings. The van der Waals surface area contributed by atoms with E-state index in [4.69, 9.17) is 5.10 Å². The first kappa shape index (κ1) is 15.6. The minimum atomic E-state index is 0.537. The highest BCUT2D eigenvalue weighted by Crippen LogP contribution is 2.15. The molecule has 104 valence electrons. The van der Waals surface area contributed by atoms with Crippen LogP contribution in [0.15, 0.2) is 12.3 Å². The predicted molar refractivity (Wildman–Crippen MR) is 81.4 cm³/mol. The molecule has 0 bridgehead atoms. The quantitative estimate of drug-likeness (QED) is 0.747. The van der Waals surface area contributed by atoms with Crippen LogP contribution in [0.3, 0.4) is 0 Å². The fraction of sp³-hybridized carbons (Fsp3) is 0.786. The van der Waals surface area contributed by atoms with Gasteiger partial charge in [-0.1, -0.05) is 20.8 Å². The van der Waals surface area contributed by atoms with Crippen LogP contribution >= 0.6 is 11.8 Å². The van der Waals surface area contributed by atoms with Crippen LogP contribution in [-0.2, 0) is 6.42 Å². The van der Waals surface area contributed by atoms with Crippen molar-refractivity contribution in [3.8, 4) is 0 Å². The molecular formula is C14H27N3S. The van der Waals surface area contributed by atoms with Crippen LogP contribution < -0.4 is 5.32 Å². The van der Waals surface area contributed by atoms with Crippen molar-refractivity contribution in [2.45, 2.75) is 52.1 Å². The van der Waals surface area contributed by atoms with Crippen molar-refractivity contribution in [2.75, 3.05) is 18.6 Å². The Morgan fingerprint density at radius 2 is 2.06 bits per heavy atom. The van der Waals surface area contributed by atoms with Gasteiger partial charge in [0, 0.05) is 24.4 Å². The lowest BCUT2D eigenvalue weighted by atomic mass is 10.2. The molecule has 0 spiro atoms. The smallest absolute Gasteiger partial charge is 0.0640 e. The minimum absolute atomic E-state index is 0.537. The summed E-state index contributed by atoms with van der Waals surface area (Å²) < 4.78 is 2.14. The Labute approximate surface area is 116 Å². The van der Waals surface area contributed by atoms with Gasteiger partial charge < -0.3 is 5.32 Å². The van der Waals surface area contributed by atoms with Crippen molar-refractivity contribution in [2.24, 2.45) is 0 Å². The van der Waals surface area contributed by atoms with Gasteiger partial charge in [-0.25, -0.2) is 0 Å². The van der Waals surface area contributed by atoms with E-state index in [1.807, 2.05) is 11.8 Å². The maximum Gasteiger partial charge on any atom is 0.0640 e. The minimum Gasteiger partial charge on any atom is -0.313 e. The number of nitrogens with zero attached hydrogens (tertiary/aromatic N) is 2. The van der Waals surface area contributed by atoms with Gasteiger partial charge in [-0.15, -0.1) is 0 Å². The molecule has 0 radical (unpaired) electrons. The first-order valence-corrected chi connectivity index (χ1v) is 8.40. The highest BCUT2D eigenvalue weighted by molar-refractivity contribution is 7.98. The average molecular weight is 269 g/mol. The molecule has 0 amide bonds. The van der Waals surface area contributed by atoms with E-state index in [9.17, 15) is 0 Å². The molecule has 1 atom stereocenters. The second-order valence-corrected chi connectivity index (χ2v) is 5.58. The number of nitrogens with one attached hydrogen (secondary N) is 1. The largest absolute Gasteiger partial charge is 0.313 e. The lowest BCUT2D eigenvalue weighted by Crippen LogP contribution is -2.33. The van der Waals surface area contributed by atoms with Crippen molar-refractivity contribution >= 4 is 11.8 Å². The van der Waals surface area contributed by atoms with E-state index in [1.165, 1.54) is 5.69 Å². The van der Waals surface area contributed by atoms with E-state index >= 15 is 0 Å². The van der Waals surface area contributed by atoms with E-state index in [2.05, 4.69) is 49.3 Å². The number of thioether (sulfide) groups is 1. The van der Waals surface area contributed by atoms with E-state index in [1.54, 1.807) is 0 Å². The van der Waals surface area contributed by atoms with Crippen LogP contribution in [-0.4, -0.2) is 34.4 Å². The maximum atomic E-state index is 4.72. The number of aromatic nitrogens is 2. The summed E-state index contributed by atoms with van der Waals surface area (Å²) >= 11 is 1.89. The fourth-order valence-electron chi connectivity index (χ4n) is 2.28. The first-order valence-electron chi connectivity index (χ1n) is 7.01. The zero-order chi connectivity index (χ0) is 13.4. The van der Waals surface area contributed by atoms with Gasteiger partial charge in [0.2, 0.25) is 0 Å². The molecule has 0 saturated heterocycles. The van der Waals surface area contributed by atoms with Gasteiger partial charge in [0.25, 0.3) is 0 Å². The molecule has 1 aromatic heterocycles. The number of likely N-dealkylation sites (N-methyl/N-ethyl adjacent to an activating group) is 1. The van der Waals surface area contributed by atoms with Gasteiger partial charge in [0.1, 0.15) is 0 Å². The Hall–Kier alpha value is -0.480. The highest BCUT2D eigenvalue weighted by atomic mass is 32.2. The molecule has 0 aliphatic carbocycles. The summed E-state index contributed by atoms with van der Waals surface area (Å²) in [6.45, 7) is 7.64. The van der Waals surface area contributed by atoms with Crippen molar-refractivity contribution in [3.05, 3.63) is 18.0 Å². The topological polar surface area (TPSA) is 29.9 Å². The molecule has 1 unspecified atom stereocenters. The third kappa shape index (κ3) is 4.65. The van der Waals surface area contributed by atoms with Crippen LogP contribution in [0.4, 0.5) is 0 Å². The zero-order valence-electron chi connectivity index (χ0n) is 12.1. The summed E-state index contributed by atoms with van der Waals surface area (Å²) in [5.41, 5.74) is 1.21. The predicted octanol–water partition coefficient (Wildman–Crippen LogP) is 3.13. The zero-order valence-corrected chi connectivity index (χ0v) is 13.0. The summed E-state index contributed by atoms with van der Waals surface area (Å²) in [4.78, 5) is 0. The normalized spacial score (nSPS) is 13.2. The second-order valence-electron chi connectivity index (χ2n) is 4.67. The molecule has 0 aromatic carbocycles. The molecule has 1 rings (SSSR count). The van der Waals surface area contributed by atoms with Crippen LogP contribution in [0.25, 0.3) is 0 Å². The van der Waals surface area contributed by atoms with Crippen molar-refractivity contribution in [1.29, 1.82) is 0 Å². The fourth-order valence-corrected chi connectivity index (χ4v) is 2.92. The molecule has 1 heterocycles. The second kappa shape index (κ2) is 8.59. The summed E-state index contributed by atoms with van der Waals surface area (Å²) in [7, 11) is 0. The number of rotatable bonds is 9. The van der Waals surface area contributed by atoms with E-state index in [0.717, 1.165) is 31.6 Å². The Morgan fingerprint density at radius 3 is 2.61 bits per heavy atom. The lowest BCUT2D eigenvalue weighted by molar-refractivity contribution is 0.423. The Kier molecular flexibility index (Phi) is 7.44. The standard InChI is InChI=1S/C14H27N3S/c1-5-14(6-2)17-9-8-12(16-17)10-13(11-18-4)15-7-3/h8-9,13-15H,5-7,10-11H2,1-4H3. The molecule has 0 saturated carbocycles. The monoisotopic (exact) mass is 269 g/mol. The van der Waals surface area contributed by atoms with E-state index in [0.29, 0.717) is 12.1 Å². The van der Waals surface area contributed by atoms with Gasteiger partial charge in [0.05, 0.1) is 11.7 Å². The van der Waals surface area contributed by atoms with Crippen molar-refractivity contribution in [3.63, 3.8) is 0 Å². The SMILES string of the molecule is CCNC(CSC)Cc1ccn(C(CC)CC)n1. The van der Waals surface area contributed by atoms with Crippen LogP contribution in [0, 0.1) is 0 Å². The lowest BCUT2D eigenvalue weighted by Gasteiger charge is -2.16. The van der Waals surface area contributed by atoms with Crippen LogP contribution in [0.5, 0.6) is 0 Å². The van der Waals surface area contributed by atoms with E-state index in [-0.39, 0.29) is 0 Å². The van der Waals surface area contributed by atoms with E-state index < -0.39 is 0 Å². The van der Waals surface area contributed by atoms with Gasteiger partial charge in [-0.3, -0.25) is 4.68 Å². The molecule has 4 heteroatoms. The Morgan fingerprint density at radius 1 is 1.33 bits per heavy atom. The molecule has 0 aliphatic heterocycles.